The van der Waals surface area contributed by atoms with Crippen molar-refractivity contribution in [2.24, 2.45) is 0 Å². The summed E-state index contributed by atoms with van der Waals surface area (Å²) in [5, 5.41) is 3.10. The van der Waals surface area contributed by atoms with E-state index < -0.39 is 0 Å². The Kier molecular flexibility index (Phi) is 4.95. The molecule has 0 unspecified atom stereocenters. The van der Waals surface area contributed by atoms with Gasteiger partial charge in [0.1, 0.15) is 0 Å². The molecule has 0 saturated carbocycles. The van der Waals surface area contributed by atoms with Gasteiger partial charge in [0.2, 0.25) is 0 Å². The van der Waals surface area contributed by atoms with Crippen molar-refractivity contribution >= 4 is 11.5 Å². The summed E-state index contributed by atoms with van der Waals surface area (Å²) in [7, 11) is 0. The number of allylic oxidation sites excluding steroid dienone is 1. The van der Waals surface area contributed by atoms with Gasteiger partial charge in [0, 0.05) is 17.3 Å². The quantitative estimate of drug-likeness (QED) is 0.490. The fourth-order valence-corrected chi connectivity index (χ4v) is 1.74. The lowest BCUT2D eigenvalue weighted by Gasteiger charge is -2.11. The minimum absolute atomic E-state index is 0.0857. The standard InChI is InChI=1S/C17H17NO2/c1-2-20-17(18-15-11-7-4-8-12-15)13-16(19)14-9-5-3-6-10-14/h3-13,18H,2H2,1H3/b17-13-. The number of para-hydroxylation sites is 1. The van der Waals surface area contributed by atoms with Gasteiger partial charge in [-0.3, -0.25) is 4.79 Å². The molecular weight excluding hydrogens is 250 g/mol. The molecule has 0 aliphatic heterocycles. The molecule has 3 heteroatoms. The zero-order valence-electron chi connectivity index (χ0n) is 11.4. The van der Waals surface area contributed by atoms with E-state index in [1.807, 2.05) is 55.5 Å². The number of hydrogen-bond acceptors (Lipinski definition) is 3. The first-order valence-corrected chi connectivity index (χ1v) is 6.55. The van der Waals surface area contributed by atoms with E-state index in [0.717, 1.165) is 5.69 Å². The molecule has 2 aromatic rings. The molecule has 20 heavy (non-hydrogen) atoms. The molecule has 1 N–H and O–H groups in total. The van der Waals surface area contributed by atoms with Gasteiger partial charge in [0.05, 0.1) is 6.61 Å². The number of ketones is 1. The van der Waals surface area contributed by atoms with Gasteiger partial charge in [-0.2, -0.15) is 0 Å². The minimum Gasteiger partial charge on any atom is -0.479 e. The lowest BCUT2D eigenvalue weighted by Crippen LogP contribution is -2.07. The smallest absolute Gasteiger partial charge is 0.195 e. The fourth-order valence-electron chi connectivity index (χ4n) is 1.74. The minimum atomic E-state index is -0.0857. The summed E-state index contributed by atoms with van der Waals surface area (Å²) < 4.78 is 5.47. The first-order chi connectivity index (χ1) is 9.79. The van der Waals surface area contributed by atoms with Gasteiger partial charge in [-0.1, -0.05) is 48.5 Å². The van der Waals surface area contributed by atoms with Crippen molar-refractivity contribution < 1.29 is 9.53 Å². The van der Waals surface area contributed by atoms with Crippen LogP contribution in [0.4, 0.5) is 5.69 Å². The molecule has 3 nitrogen and oxygen atoms in total. The summed E-state index contributed by atoms with van der Waals surface area (Å²) in [5.74, 6) is 0.366. The van der Waals surface area contributed by atoms with Gasteiger partial charge in [-0.15, -0.1) is 0 Å². The molecule has 0 radical (unpaired) electrons. The highest BCUT2D eigenvalue weighted by atomic mass is 16.5. The summed E-state index contributed by atoms with van der Waals surface area (Å²) in [6.07, 6.45) is 1.48. The largest absolute Gasteiger partial charge is 0.479 e. The third kappa shape index (κ3) is 3.99. The molecule has 0 aliphatic carbocycles. The molecule has 0 aliphatic rings. The first-order valence-electron chi connectivity index (χ1n) is 6.55. The number of benzene rings is 2. The summed E-state index contributed by atoms with van der Waals surface area (Å²) in [6, 6.07) is 18.7. The third-order valence-corrected chi connectivity index (χ3v) is 2.66. The van der Waals surface area contributed by atoms with Gasteiger partial charge in [-0.25, -0.2) is 0 Å². The SMILES string of the molecule is CCO/C(=C\C(=O)c1ccccc1)Nc1ccccc1. The average Bonchev–Trinajstić information content (AvgIpc) is 2.49. The molecule has 0 spiro atoms. The lowest BCUT2D eigenvalue weighted by molar-refractivity contribution is 0.104. The fraction of sp³-hybridized carbons (Fsp3) is 0.118. The van der Waals surface area contributed by atoms with Crippen LogP contribution >= 0.6 is 0 Å². The van der Waals surface area contributed by atoms with Crippen LogP contribution in [0, 0.1) is 0 Å². The summed E-state index contributed by atoms with van der Waals surface area (Å²) in [4.78, 5) is 12.1. The molecule has 0 aromatic heterocycles. The van der Waals surface area contributed by atoms with Crippen LogP contribution in [-0.4, -0.2) is 12.4 Å². The Bertz CT molecular complexity index is 576. The number of hydrogen-bond donors (Lipinski definition) is 1. The molecule has 0 saturated heterocycles. The average molecular weight is 267 g/mol. The molecule has 102 valence electrons. The molecule has 0 atom stereocenters. The Morgan fingerprint density at radius 3 is 2.25 bits per heavy atom. The second-order valence-electron chi connectivity index (χ2n) is 4.16. The predicted octanol–water partition coefficient (Wildman–Crippen LogP) is 3.86. The molecule has 0 heterocycles. The van der Waals surface area contributed by atoms with Crippen molar-refractivity contribution in [2.45, 2.75) is 6.92 Å². The molecule has 0 amide bonds. The van der Waals surface area contributed by atoms with Gasteiger partial charge in [0.15, 0.2) is 11.7 Å². The monoisotopic (exact) mass is 267 g/mol. The Morgan fingerprint density at radius 1 is 1.05 bits per heavy atom. The van der Waals surface area contributed by atoms with E-state index in [1.54, 1.807) is 12.1 Å². The number of carbonyl (C=O) groups excluding carboxylic acids is 1. The van der Waals surface area contributed by atoms with Gasteiger partial charge >= 0.3 is 0 Å². The molecule has 0 fully saturated rings. The van der Waals surface area contributed by atoms with E-state index in [-0.39, 0.29) is 5.78 Å². The molecule has 2 aromatic carbocycles. The van der Waals surface area contributed by atoms with E-state index in [1.165, 1.54) is 6.08 Å². The number of nitrogens with one attached hydrogen (secondary N) is 1. The van der Waals surface area contributed by atoms with Crippen molar-refractivity contribution in [3.63, 3.8) is 0 Å². The summed E-state index contributed by atoms with van der Waals surface area (Å²) in [6.45, 7) is 2.38. The zero-order valence-corrected chi connectivity index (χ0v) is 11.4. The second-order valence-corrected chi connectivity index (χ2v) is 4.16. The normalized spacial score (nSPS) is 10.9. The van der Waals surface area contributed by atoms with Crippen molar-refractivity contribution in [1.82, 2.24) is 0 Å². The van der Waals surface area contributed by atoms with Crippen LogP contribution in [0.3, 0.4) is 0 Å². The van der Waals surface area contributed by atoms with Gasteiger partial charge in [-0.05, 0) is 19.1 Å². The van der Waals surface area contributed by atoms with Crippen LogP contribution < -0.4 is 5.32 Å². The van der Waals surface area contributed by atoms with Crippen molar-refractivity contribution in [3.05, 3.63) is 78.2 Å². The maximum atomic E-state index is 12.1. The maximum absolute atomic E-state index is 12.1. The second kappa shape index (κ2) is 7.14. The van der Waals surface area contributed by atoms with Crippen molar-refractivity contribution in [3.8, 4) is 0 Å². The molecule has 2 rings (SSSR count). The zero-order chi connectivity index (χ0) is 14.2. The highest BCUT2D eigenvalue weighted by molar-refractivity contribution is 6.04. The number of carbonyl (C=O) groups is 1. The Labute approximate surface area is 118 Å². The highest BCUT2D eigenvalue weighted by Crippen LogP contribution is 2.11. The summed E-state index contributed by atoms with van der Waals surface area (Å²) >= 11 is 0. The lowest BCUT2D eigenvalue weighted by atomic mass is 10.1. The van der Waals surface area contributed by atoms with E-state index in [0.29, 0.717) is 18.1 Å². The van der Waals surface area contributed by atoms with E-state index in [9.17, 15) is 4.79 Å². The van der Waals surface area contributed by atoms with Gasteiger partial charge in [0.25, 0.3) is 0 Å². The Morgan fingerprint density at radius 2 is 1.65 bits per heavy atom. The van der Waals surface area contributed by atoms with E-state index in [4.69, 9.17) is 4.74 Å². The van der Waals surface area contributed by atoms with Crippen molar-refractivity contribution in [2.75, 3.05) is 11.9 Å². The highest BCUT2D eigenvalue weighted by Gasteiger charge is 2.05. The Balaban J connectivity index is 2.15. The van der Waals surface area contributed by atoms with Crippen LogP contribution in [0.15, 0.2) is 72.6 Å². The molecule has 0 bridgehead atoms. The topological polar surface area (TPSA) is 38.3 Å². The molecular formula is C17H17NO2. The summed E-state index contributed by atoms with van der Waals surface area (Å²) in [5.41, 5.74) is 1.52. The number of anilines is 1. The first kappa shape index (κ1) is 13.9. The van der Waals surface area contributed by atoms with Gasteiger partial charge < -0.3 is 10.1 Å². The third-order valence-electron chi connectivity index (χ3n) is 2.66. The number of rotatable bonds is 6. The van der Waals surface area contributed by atoms with Crippen molar-refractivity contribution in [1.29, 1.82) is 0 Å². The van der Waals surface area contributed by atoms with Crippen LogP contribution in [0.25, 0.3) is 0 Å². The predicted molar refractivity (Wildman–Crippen MR) is 80.5 cm³/mol. The maximum Gasteiger partial charge on any atom is 0.195 e. The van der Waals surface area contributed by atoms with Crippen LogP contribution in [0.2, 0.25) is 0 Å². The Hall–Kier alpha value is -2.55. The van der Waals surface area contributed by atoms with Crippen LogP contribution in [0.1, 0.15) is 17.3 Å². The van der Waals surface area contributed by atoms with Crippen LogP contribution in [0.5, 0.6) is 0 Å². The van der Waals surface area contributed by atoms with E-state index >= 15 is 0 Å². The number of ether oxygens (including phenoxy) is 1. The van der Waals surface area contributed by atoms with Crippen LogP contribution in [-0.2, 0) is 4.74 Å². The van der Waals surface area contributed by atoms with E-state index in [2.05, 4.69) is 5.32 Å².